The second-order valence-electron chi connectivity index (χ2n) is 5.76. The molecule has 0 heterocycles. The van der Waals surface area contributed by atoms with Gasteiger partial charge in [-0.05, 0) is 24.3 Å². The van der Waals surface area contributed by atoms with Gasteiger partial charge in [-0.15, -0.1) is 0 Å². The molecule has 2 rings (SSSR count). The van der Waals surface area contributed by atoms with Crippen molar-refractivity contribution in [2.24, 2.45) is 11.8 Å². The van der Waals surface area contributed by atoms with Crippen LogP contribution < -0.4 is 5.32 Å². The molecule has 1 fully saturated rings. The first kappa shape index (κ1) is 15.1. The van der Waals surface area contributed by atoms with Crippen LogP contribution in [0.15, 0.2) is 18.2 Å². The van der Waals surface area contributed by atoms with Crippen molar-refractivity contribution in [1.29, 1.82) is 0 Å². The molecule has 0 aliphatic heterocycles. The fourth-order valence-electron chi connectivity index (χ4n) is 2.79. The van der Waals surface area contributed by atoms with Gasteiger partial charge in [0.05, 0.1) is 15.6 Å². The third-order valence-electron chi connectivity index (χ3n) is 4.17. The standard InChI is InChI=1S/C15H21ClN2O2/c1-11-2-4-12(5-3-11)8-9-17-15-7-6-13(18(19)20)10-14(15)16/h6-7,10-12,17H,2-5,8-9H2,1H3. The Morgan fingerprint density at radius 3 is 2.65 bits per heavy atom. The van der Waals surface area contributed by atoms with E-state index in [4.69, 9.17) is 11.6 Å². The lowest BCUT2D eigenvalue weighted by atomic mass is 9.81. The summed E-state index contributed by atoms with van der Waals surface area (Å²) in [7, 11) is 0. The summed E-state index contributed by atoms with van der Waals surface area (Å²) in [6.07, 6.45) is 6.44. The molecule has 0 amide bonds. The number of non-ortho nitro benzene ring substituents is 1. The Kier molecular flexibility index (Phi) is 5.24. The van der Waals surface area contributed by atoms with Gasteiger partial charge in [0.1, 0.15) is 0 Å². The van der Waals surface area contributed by atoms with Crippen LogP contribution in [0.3, 0.4) is 0 Å². The lowest BCUT2D eigenvalue weighted by molar-refractivity contribution is -0.384. The Morgan fingerprint density at radius 2 is 2.05 bits per heavy atom. The zero-order valence-electron chi connectivity index (χ0n) is 11.8. The molecule has 20 heavy (non-hydrogen) atoms. The molecule has 4 nitrogen and oxygen atoms in total. The van der Waals surface area contributed by atoms with Gasteiger partial charge in [0, 0.05) is 18.7 Å². The van der Waals surface area contributed by atoms with E-state index in [2.05, 4.69) is 12.2 Å². The van der Waals surface area contributed by atoms with Crippen LogP contribution in [0, 0.1) is 22.0 Å². The number of hydrogen-bond donors (Lipinski definition) is 1. The molecule has 0 unspecified atom stereocenters. The molecule has 1 aliphatic carbocycles. The topological polar surface area (TPSA) is 55.2 Å². The van der Waals surface area contributed by atoms with Gasteiger partial charge in [-0.1, -0.05) is 44.2 Å². The largest absolute Gasteiger partial charge is 0.384 e. The molecule has 5 heteroatoms. The van der Waals surface area contributed by atoms with Crippen molar-refractivity contribution < 1.29 is 4.92 Å². The van der Waals surface area contributed by atoms with Crippen LogP contribution in [0.25, 0.3) is 0 Å². The average molecular weight is 297 g/mol. The number of anilines is 1. The van der Waals surface area contributed by atoms with E-state index in [0.717, 1.165) is 30.5 Å². The molecular weight excluding hydrogens is 276 g/mol. The van der Waals surface area contributed by atoms with Crippen LogP contribution in [0.5, 0.6) is 0 Å². The zero-order chi connectivity index (χ0) is 14.5. The smallest absolute Gasteiger partial charge is 0.271 e. The first-order chi connectivity index (χ1) is 9.56. The number of nitro groups is 1. The monoisotopic (exact) mass is 296 g/mol. The number of nitrogens with one attached hydrogen (secondary N) is 1. The normalized spacial score (nSPS) is 22.5. The number of nitrogens with zero attached hydrogens (tertiary/aromatic N) is 1. The van der Waals surface area contributed by atoms with Gasteiger partial charge in [0.25, 0.3) is 5.69 Å². The maximum Gasteiger partial charge on any atom is 0.271 e. The molecule has 110 valence electrons. The highest BCUT2D eigenvalue weighted by molar-refractivity contribution is 6.33. The van der Waals surface area contributed by atoms with Crippen LogP contribution in [0.4, 0.5) is 11.4 Å². The summed E-state index contributed by atoms with van der Waals surface area (Å²) in [5.74, 6) is 1.68. The van der Waals surface area contributed by atoms with E-state index in [9.17, 15) is 10.1 Å². The molecule has 1 saturated carbocycles. The van der Waals surface area contributed by atoms with E-state index in [1.54, 1.807) is 6.07 Å². The SMILES string of the molecule is CC1CCC(CCNc2ccc([N+](=O)[O-])cc2Cl)CC1. The molecule has 1 N–H and O–H groups in total. The number of halogens is 1. The Morgan fingerprint density at radius 1 is 1.35 bits per heavy atom. The van der Waals surface area contributed by atoms with E-state index in [1.807, 2.05) is 0 Å². The van der Waals surface area contributed by atoms with Gasteiger partial charge < -0.3 is 5.32 Å². The van der Waals surface area contributed by atoms with Gasteiger partial charge in [-0.3, -0.25) is 10.1 Å². The molecule has 0 atom stereocenters. The summed E-state index contributed by atoms with van der Waals surface area (Å²) in [6.45, 7) is 3.20. The van der Waals surface area contributed by atoms with Crippen LogP contribution in [0.1, 0.15) is 39.0 Å². The molecule has 1 aromatic carbocycles. The summed E-state index contributed by atoms with van der Waals surface area (Å²) < 4.78 is 0. The second kappa shape index (κ2) is 6.93. The minimum absolute atomic E-state index is 0.0295. The van der Waals surface area contributed by atoms with E-state index < -0.39 is 4.92 Å². The number of hydrogen-bond acceptors (Lipinski definition) is 3. The molecule has 0 spiro atoms. The molecule has 1 aromatic rings. The summed E-state index contributed by atoms with van der Waals surface area (Å²) in [5, 5.41) is 14.3. The van der Waals surface area contributed by atoms with Crippen molar-refractivity contribution in [2.75, 3.05) is 11.9 Å². The molecule has 1 aliphatic rings. The molecule has 0 bridgehead atoms. The lowest BCUT2D eigenvalue weighted by Crippen LogP contribution is -2.15. The molecule has 0 saturated heterocycles. The predicted octanol–water partition coefficient (Wildman–Crippen LogP) is 4.88. The average Bonchev–Trinajstić information content (AvgIpc) is 2.42. The highest BCUT2D eigenvalue weighted by Gasteiger charge is 2.17. The Hall–Kier alpha value is -1.29. The number of rotatable bonds is 5. The van der Waals surface area contributed by atoms with Crippen molar-refractivity contribution in [3.8, 4) is 0 Å². The quantitative estimate of drug-likeness (QED) is 0.622. The third-order valence-corrected chi connectivity index (χ3v) is 4.48. The van der Waals surface area contributed by atoms with Crippen LogP contribution in [-0.4, -0.2) is 11.5 Å². The fourth-order valence-corrected chi connectivity index (χ4v) is 3.03. The molecular formula is C15H21ClN2O2. The minimum atomic E-state index is -0.432. The highest BCUT2D eigenvalue weighted by Crippen LogP contribution is 2.31. The fraction of sp³-hybridized carbons (Fsp3) is 0.600. The minimum Gasteiger partial charge on any atom is -0.384 e. The van der Waals surface area contributed by atoms with E-state index in [0.29, 0.717) is 5.02 Å². The summed E-state index contributed by atoms with van der Waals surface area (Å²) >= 11 is 6.05. The van der Waals surface area contributed by atoms with Crippen molar-refractivity contribution in [2.45, 2.75) is 39.0 Å². The maximum absolute atomic E-state index is 10.6. The first-order valence-electron chi connectivity index (χ1n) is 7.24. The van der Waals surface area contributed by atoms with Crippen LogP contribution >= 0.6 is 11.6 Å². The van der Waals surface area contributed by atoms with Gasteiger partial charge in [0.15, 0.2) is 0 Å². The van der Waals surface area contributed by atoms with Crippen molar-refractivity contribution in [3.05, 3.63) is 33.3 Å². The Labute approximate surface area is 124 Å². The van der Waals surface area contributed by atoms with Gasteiger partial charge >= 0.3 is 0 Å². The highest BCUT2D eigenvalue weighted by atomic mass is 35.5. The van der Waals surface area contributed by atoms with Crippen LogP contribution in [-0.2, 0) is 0 Å². The summed E-state index contributed by atoms with van der Waals surface area (Å²) in [4.78, 5) is 10.2. The second-order valence-corrected chi connectivity index (χ2v) is 6.17. The van der Waals surface area contributed by atoms with E-state index in [1.165, 1.54) is 37.8 Å². The number of benzene rings is 1. The Bertz CT molecular complexity index is 471. The van der Waals surface area contributed by atoms with E-state index in [-0.39, 0.29) is 5.69 Å². The maximum atomic E-state index is 10.6. The van der Waals surface area contributed by atoms with Crippen molar-refractivity contribution >= 4 is 23.0 Å². The predicted molar refractivity (Wildman–Crippen MR) is 82.3 cm³/mol. The van der Waals surface area contributed by atoms with Gasteiger partial charge in [-0.25, -0.2) is 0 Å². The Balaban J connectivity index is 1.81. The number of nitro benzene ring substituents is 1. The van der Waals surface area contributed by atoms with E-state index >= 15 is 0 Å². The van der Waals surface area contributed by atoms with Crippen LogP contribution in [0.2, 0.25) is 5.02 Å². The molecule has 0 aromatic heterocycles. The lowest BCUT2D eigenvalue weighted by Gasteiger charge is -2.26. The summed E-state index contributed by atoms with van der Waals surface area (Å²) in [6, 6.07) is 4.56. The molecule has 0 radical (unpaired) electrons. The third kappa shape index (κ3) is 4.10. The van der Waals surface area contributed by atoms with Crippen molar-refractivity contribution in [1.82, 2.24) is 0 Å². The first-order valence-corrected chi connectivity index (χ1v) is 7.62. The van der Waals surface area contributed by atoms with Crippen molar-refractivity contribution in [3.63, 3.8) is 0 Å². The van der Waals surface area contributed by atoms with Gasteiger partial charge in [0.2, 0.25) is 0 Å². The summed E-state index contributed by atoms with van der Waals surface area (Å²) in [5.41, 5.74) is 0.809. The zero-order valence-corrected chi connectivity index (χ0v) is 12.5. The van der Waals surface area contributed by atoms with Gasteiger partial charge in [-0.2, -0.15) is 0 Å².